The first-order valence-corrected chi connectivity index (χ1v) is 8.51. The highest BCUT2D eigenvalue weighted by atomic mass is 17.0. The van der Waals surface area contributed by atoms with Crippen LogP contribution in [0.15, 0.2) is 0 Å². The molecule has 0 aromatic carbocycles. The van der Waals surface area contributed by atoms with Crippen molar-refractivity contribution >= 4 is 6.02 Å². The summed E-state index contributed by atoms with van der Waals surface area (Å²) in [7, 11) is 5.87. The highest BCUT2D eigenvalue weighted by Gasteiger charge is 2.31. The summed E-state index contributed by atoms with van der Waals surface area (Å²) in [6.07, 6.45) is 11.4. The lowest BCUT2D eigenvalue weighted by molar-refractivity contribution is -0.965. The molecule has 0 radical (unpaired) electrons. The normalized spacial score (nSPS) is 10.3. The maximum Gasteiger partial charge on any atom is 0.593 e. The molecule has 7 nitrogen and oxygen atoms in total. The maximum atomic E-state index is 5.66. The zero-order chi connectivity index (χ0) is 17.3. The van der Waals surface area contributed by atoms with Crippen molar-refractivity contribution < 1.29 is 29.0 Å². The summed E-state index contributed by atoms with van der Waals surface area (Å²) in [6, 6.07) is 0.194. The van der Waals surface area contributed by atoms with Gasteiger partial charge in [0.15, 0.2) is 4.90 Å². The van der Waals surface area contributed by atoms with Gasteiger partial charge < -0.3 is 14.4 Å². The van der Waals surface area contributed by atoms with Gasteiger partial charge in [-0.3, -0.25) is 0 Å². The Hall–Kier alpha value is -1.21. The predicted molar refractivity (Wildman–Crippen MR) is 88.3 cm³/mol. The second-order valence-electron chi connectivity index (χ2n) is 5.20. The van der Waals surface area contributed by atoms with Crippen molar-refractivity contribution in [1.82, 2.24) is 5.23 Å². The van der Waals surface area contributed by atoms with E-state index in [9.17, 15) is 0 Å². The molecule has 138 valence electrons. The Bertz CT molecular complexity index is 290. The lowest BCUT2D eigenvalue weighted by Gasteiger charge is -2.12. The average molecular weight is 335 g/mol. The molecule has 0 aromatic rings. The molecule has 23 heavy (non-hydrogen) atoms. The highest BCUT2D eigenvalue weighted by molar-refractivity contribution is 5.65. The van der Waals surface area contributed by atoms with Crippen molar-refractivity contribution in [2.75, 3.05) is 35.0 Å². The fourth-order valence-electron chi connectivity index (χ4n) is 2.21. The molecule has 0 heterocycles. The first-order chi connectivity index (χ1) is 11.2. The molecule has 0 bridgehead atoms. The second-order valence-corrected chi connectivity index (χ2v) is 5.20. The maximum absolute atomic E-state index is 5.66. The van der Waals surface area contributed by atoms with Crippen LogP contribution in [0, 0.1) is 0 Å². The summed E-state index contributed by atoms with van der Waals surface area (Å²) in [5, 5.41) is 1.08. The lowest BCUT2D eigenvalue weighted by atomic mass is 10.1. The summed E-state index contributed by atoms with van der Waals surface area (Å²) in [5.74, 6) is 0. The van der Waals surface area contributed by atoms with Gasteiger partial charge >= 0.3 is 6.02 Å². The van der Waals surface area contributed by atoms with Gasteiger partial charge in [-0.25, -0.2) is 0 Å². The summed E-state index contributed by atoms with van der Waals surface area (Å²) in [5.41, 5.74) is 0. The van der Waals surface area contributed by atoms with Gasteiger partial charge in [-0.05, 0) is 6.42 Å². The molecule has 0 unspecified atom stereocenters. The van der Waals surface area contributed by atoms with Crippen LogP contribution >= 0.6 is 0 Å². The molecule has 0 saturated carbocycles. The molecule has 0 saturated heterocycles. The Kier molecular flexibility index (Phi) is 14.9. The molecule has 0 fully saturated rings. The number of hydrogen-bond acceptors (Lipinski definition) is 5. The van der Waals surface area contributed by atoms with Crippen LogP contribution in [0.1, 0.15) is 64.7 Å². The van der Waals surface area contributed by atoms with Gasteiger partial charge in [-0.2, -0.15) is 9.68 Å². The van der Waals surface area contributed by atoms with Crippen LogP contribution in [0.25, 0.3) is 0 Å². The minimum Gasteiger partial charge on any atom is -0.422 e. The number of hydroxylamine groups is 2. The molecule has 7 heteroatoms. The Labute approximate surface area is 140 Å². The van der Waals surface area contributed by atoms with Gasteiger partial charge in [0.2, 0.25) is 0 Å². The van der Waals surface area contributed by atoms with Crippen LogP contribution in [0.3, 0.4) is 0 Å². The van der Waals surface area contributed by atoms with Gasteiger partial charge in [-0.15, -0.1) is 0 Å². The first kappa shape index (κ1) is 21.8. The molecule has 0 atom stereocenters. The van der Waals surface area contributed by atoms with Crippen molar-refractivity contribution in [3.63, 3.8) is 0 Å². The Morgan fingerprint density at radius 2 is 1.22 bits per heavy atom. The van der Waals surface area contributed by atoms with Gasteiger partial charge in [0.05, 0.1) is 26.1 Å². The average Bonchev–Trinajstić information content (AvgIpc) is 2.58. The fraction of sp³-hybridized carbons (Fsp3) is 0.938. The number of nitrogens with zero attached hydrogens (tertiary/aromatic N) is 2. The highest BCUT2D eigenvalue weighted by Crippen LogP contribution is 2.09. The zero-order valence-corrected chi connectivity index (χ0v) is 15.5. The molecule has 0 N–H and O–H groups in total. The lowest BCUT2D eigenvalue weighted by Crippen LogP contribution is -2.38. The molecule has 0 spiro atoms. The third kappa shape index (κ3) is 10.2. The van der Waals surface area contributed by atoms with Crippen LogP contribution in [0.4, 0.5) is 0 Å². The minimum absolute atomic E-state index is 0.194. The van der Waals surface area contributed by atoms with Gasteiger partial charge in [0.25, 0.3) is 0 Å². The van der Waals surface area contributed by atoms with Crippen LogP contribution in [-0.4, -0.2) is 51.2 Å². The molecule has 0 rings (SSSR count). The van der Waals surface area contributed by atoms with E-state index in [4.69, 9.17) is 24.1 Å². The Morgan fingerprint density at radius 3 is 1.65 bits per heavy atom. The van der Waals surface area contributed by atoms with Crippen molar-refractivity contribution in [2.24, 2.45) is 0 Å². The number of hydrogen-bond donors (Lipinski definition) is 0. The molecule has 0 aliphatic rings. The summed E-state index contributed by atoms with van der Waals surface area (Å²) >= 11 is 0. The van der Waals surface area contributed by atoms with E-state index in [2.05, 4.69) is 6.92 Å². The fourth-order valence-corrected chi connectivity index (χ4v) is 2.21. The van der Waals surface area contributed by atoms with E-state index in [0.717, 1.165) is 23.0 Å². The summed E-state index contributed by atoms with van der Waals surface area (Å²) in [4.78, 5) is 21.2. The van der Waals surface area contributed by atoms with Crippen LogP contribution < -0.4 is 0 Å². The zero-order valence-electron chi connectivity index (χ0n) is 15.5. The van der Waals surface area contributed by atoms with E-state index in [1.807, 2.05) is 0 Å². The third-order valence-electron chi connectivity index (χ3n) is 3.45. The van der Waals surface area contributed by atoms with Crippen molar-refractivity contribution in [2.45, 2.75) is 64.7 Å². The van der Waals surface area contributed by atoms with E-state index in [1.165, 1.54) is 73.4 Å². The van der Waals surface area contributed by atoms with Crippen molar-refractivity contribution in [3.05, 3.63) is 0 Å². The Balaban J connectivity index is 3.94. The topological polar surface area (TPSA) is 52.4 Å². The monoisotopic (exact) mass is 335 g/mol. The number of ether oxygens (including phenoxy) is 1. The summed E-state index contributed by atoms with van der Waals surface area (Å²) in [6.45, 7) is 2.78. The molecule has 0 amide bonds. The molecular weight excluding hydrogens is 300 g/mol. The summed E-state index contributed by atoms with van der Waals surface area (Å²) < 4.78 is 5.66. The molecule has 0 aromatic heterocycles. The van der Waals surface area contributed by atoms with Crippen molar-refractivity contribution in [3.8, 4) is 0 Å². The quantitative estimate of drug-likeness (QED) is 0.210. The van der Waals surface area contributed by atoms with Gasteiger partial charge in [0, 0.05) is 0 Å². The van der Waals surface area contributed by atoms with E-state index in [-0.39, 0.29) is 6.02 Å². The Morgan fingerprint density at radius 1 is 0.739 bits per heavy atom. The van der Waals surface area contributed by atoms with Crippen LogP contribution in [0.2, 0.25) is 0 Å². The van der Waals surface area contributed by atoms with Gasteiger partial charge in [0.1, 0.15) is 14.2 Å². The molecular formula is C16H35N2O5+. The number of amidine groups is 1. The van der Waals surface area contributed by atoms with Crippen molar-refractivity contribution in [1.29, 1.82) is 0 Å². The largest absolute Gasteiger partial charge is 0.593 e. The van der Waals surface area contributed by atoms with Crippen LogP contribution in [0.5, 0.6) is 0 Å². The molecule has 0 aliphatic carbocycles. The van der Waals surface area contributed by atoms with E-state index >= 15 is 0 Å². The predicted octanol–water partition coefficient (Wildman–Crippen LogP) is 3.45. The first-order valence-electron chi connectivity index (χ1n) is 8.51. The van der Waals surface area contributed by atoms with Crippen LogP contribution in [-0.2, 0) is 24.1 Å². The second kappa shape index (κ2) is 15.7. The number of rotatable bonds is 14. The minimum atomic E-state index is 0.194. The number of unbranched alkanes of at least 4 members (excludes halogenated alkanes) is 8. The SMILES string of the molecule is CCCCCCCCCCCOC(N(OC)OC)=[N+](OC)OC. The third-order valence-corrected chi connectivity index (χ3v) is 3.45. The van der Waals surface area contributed by atoms with Gasteiger partial charge in [-0.1, -0.05) is 58.3 Å². The van der Waals surface area contributed by atoms with E-state index in [0.29, 0.717) is 6.61 Å². The van der Waals surface area contributed by atoms with E-state index < -0.39 is 0 Å². The smallest absolute Gasteiger partial charge is 0.422 e. The molecule has 0 aliphatic heterocycles. The standard InChI is InChI=1S/C16H35N2O5/c1-6-7-8-9-10-11-12-13-14-15-23-16(17(19-2)20-3)18(21-4)22-5/h6-15H2,1-5H3/q+1. The van der Waals surface area contributed by atoms with E-state index in [1.54, 1.807) is 0 Å².